The van der Waals surface area contributed by atoms with Crippen LogP contribution in [0.5, 0.6) is 0 Å². The number of carbonyl (C=O) groups excluding carboxylic acids is 1. The molecule has 2 aliphatic rings. The number of rotatable bonds is 2. The maximum Gasteiger partial charge on any atom is 0.226 e. The van der Waals surface area contributed by atoms with Crippen LogP contribution in [0.2, 0.25) is 0 Å². The van der Waals surface area contributed by atoms with Crippen molar-refractivity contribution in [2.24, 2.45) is 22.5 Å². The van der Waals surface area contributed by atoms with Gasteiger partial charge in [-0.3, -0.25) is 4.79 Å². The lowest BCUT2D eigenvalue weighted by molar-refractivity contribution is -0.146. The van der Waals surface area contributed by atoms with E-state index < -0.39 is 0 Å². The van der Waals surface area contributed by atoms with E-state index in [9.17, 15) is 4.79 Å². The number of hydrogen-bond acceptors (Lipinski definition) is 3. The van der Waals surface area contributed by atoms with Crippen LogP contribution in [-0.2, 0) is 9.53 Å². The molecule has 104 valence electrons. The van der Waals surface area contributed by atoms with E-state index in [1.807, 2.05) is 11.8 Å². The lowest BCUT2D eigenvalue weighted by Gasteiger charge is -2.36. The summed E-state index contributed by atoms with van der Waals surface area (Å²) in [7, 11) is 0. The van der Waals surface area contributed by atoms with Crippen molar-refractivity contribution in [1.29, 1.82) is 0 Å². The highest BCUT2D eigenvalue weighted by Crippen LogP contribution is 2.68. The van der Waals surface area contributed by atoms with Gasteiger partial charge in [-0.1, -0.05) is 27.7 Å². The highest BCUT2D eigenvalue weighted by molar-refractivity contribution is 5.84. The van der Waals surface area contributed by atoms with E-state index in [0.717, 1.165) is 0 Å². The van der Waals surface area contributed by atoms with Gasteiger partial charge >= 0.3 is 0 Å². The highest BCUT2D eigenvalue weighted by atomic mass is 16.5. The molecular weight excluding hydrogens is 228 g/mol. The summed E-state index contributed by atoms with van der Waals surface area (Å²) in [5.74, 6) is 0.410. The van der Waals surface area contributed by atoms with Gasteiger partial charge in [-0.25, -0.2) is 0 Å². The second kappa shape index (κ2) is 4.20. The first-order valence-corrected chi connectivity index (χ1v) is 6.86. The topological polar surface area (TPSA) is 55.6 Å². The Morgan fingerprint density at radius 2 is 1.83 bits per heavy atom. The number of nitrogens with zero attached hydrogens (tertiary/aromatic N) is 1. The SMILES string of the molecule is CC1CN(C(=O)C2C(C)(C)C2(C)C)CC(CN)O1. The number of hydrogen-bond donors (Lipinski definition) is 1. The Morgan fingerprint density at radius 3 is 2.28 bits per heavy atom. The van der Waals surface area contributed by atoms with Crippen molar-refractivity contribution in [3.8, 4) is 0 Å². The first-order valence-electron chi connectivity index (χ1n) is 6.86. The highest BCUT2D eigenvalue weighted by Gasteiger charge is 2.68. The summed E-state index contributed by atoms with van der Waals surface area (Å²) < 4.78 is 5.70. The van der Waals surface area contributed by atoms with E-state index in [1.165, 1.54) is 0 Å². The minimum absolute atomic E-state index is 0.0114. The fraction of sp³-hybridized carbons (Fsp3) is 0.929. The van der Waals surface area contributed by atoms with Gasteiger partial charge in [-0.2, -0.15) is 0 Å². The van der Waals surface area contributed by atoms with Crippen molar-refractivity contribution >= 4 is 5.91 Å². The summed E-state index contributed by atoms with van der Waals surface area (Å²) in [6.45, 7) is 12.5. The van der Waals surface area contributed by atoms with Gasteiger partial charge in [0.2, 0.25) is 5.91 Å². The lowest BCUT2D eigenvalue weighted by atomic mass is 10.0. The normalized spacial score (nSPS) is 34.4. The first kappa shape index (κ1) is 13.8. The quantitative estimate of drug-likeness (QED) is 0.806. The summed E-state index contributed by atoms with van der Waals surface area (Å²) in [5, 5.41) is 0. The van der Waals surface area contributed by atoms with Crippen LogP contribution >= 0.6 is 0 Å². The third-order valence-corrected chi connectivity index (χ3v) is 5.17. The molecule has 0 bridgehead atoms. The van der Waals surface area contributed by atoms with Crippen LogP contribution in [0.4, 0.5) is 0 Å². The van der Waals surface area contributed by atoms with E-state index in [1.54, 1.807) is 0 Å². The van der Waals surface area contributed by atoms with Gasteiger partial charge in [0, 0.05) is 25.6 Å². The van der Waals surface area contributed by atoms with Crippen LogP contribution in [0.1, 0.15) is 34.6 Å². The maximum absolute atomic E-state index is 12.6. The third-order valence-electron chi connectivity index (χ3n) is 5.17. The molecule has 4 nitrogen and oxygen atoms in total. The second-order valence-electron chi connectivity index (χ2n) is 6.92. The van der Waals surface area contributed by atoms with Gasteiger partial charge in [-0.15, -0.1) is 0 Å². The van der Waals surface area contributed by atoms with Crippen LogP contribution in [0.3, 0.4) is 0 Å². The molecule has 4 heteroatoms. The van der Waals surface area contributed by atoms with Crippen LogP contribution in [0.15, 0.2) is 0 Å². The van der Waals surface area contributed by atoms with Crippen molar-refractivity contribution in [3.63, 3.8) is 0 Å². The molecule has 0 radical (unpaired) electrons. The molecule has 0 spiro atoms. The summed E-state index contributed by atoms with van der Waals surface area (Å²) in [5.41, 5.74) is 5.87. The average Bonchev–Trinajstić information content (AvgIpc) is 2.67. The van der Waals surface area contributed by atoms with E-state index in [2.05, 4.69) is 27.7 Å². The molecule has 1 aliphatic carbocycles. The molecular formula is C14H26N2O2. The summed E-state index contributed by atoms with van der Waals surface area (Å²) in [6.07, 6.45) is 0.0731. The smallest absolute Gasteiger partial charge is 0.226 e. The zero-order valence-corrected chi connectivity index (χ0v) is 12.2. The molecule has 1 saturated heterocycles. The molecule has 1 amide bonds. The number of morpholine rings is 1. The Bertz CT molecular complexity index is 338. The fourth-order valence-corrected chi connectivity index (χ4v) is 3.35. The number of nitrogens with two attached hydrogens (primary N) is 1. The lowest BCUT2D eigenvalue weighted by Crippen LogP contribution is -2.52. The zero-order valence-electron chi connectivity index (χ0n) is 12.2. The van der Waals surface area contributed by atoms with Crippen molar-refractivity contribution in [2.75, 3.05) is 19.6 Å². The summed E-state index contributed by atoms with van der Waals surface area (Å²) in [4.78, 5) is 14.6. The van der Waals surface area contributed by atoms with Gasteiger partial charge in [0.1, 0.15) is 0 Å². The minimum atomic E-state index is -0.0114. The predicted octanol–water partition coefficient (Wildman–Crippen LogP) is 1.24. The summed E-state index contributed by atoms with van der Waals surface area (Å²) >= 11 is 0. The monoisotopic (exact) mass is 254 g/mol. The van der Waals surface area contributed by atoms with Crippen LogP contribution in [0, 0.1) is 16.7 Å². The third kappa shape index (κ3) is 1.95. The van der Waals surface area contributed by atoms with Gasteiger partial charge in [0.25, 0.3) is 0 Å². The predicted molar refractivity (Wildman–Crippen MR) is 71.0 cm³/mol. The van der Waals surface area contributed by atoms with Crippen LogP contribution in [-0.4, -0.2) is 42.6 Å². The van der Waals surface area contributed by atoms with Gasteiger partial charge < -0.3 is 15.4 Å². The zero-order chi connectivity index (χ0) is 13.7. The number of amides is 1. The molecule has 0 aromatic carbocycles. The van der Waals surface area contributed by atoms with E-state index in [-0.39, 0.29) is 34.9 Å². The second-order valence-corrected chi connectivity index (χ2v) is 6.92. The van der Waals surface area contributed by atoms with Gasteiger partial charge in [-0.05, 0) is 17.8 Å². The number of ether oxygens (including phenoxy) is 1. The molecule has 0 aromatic heterocycles. The van der Waals surface area contributed by atoms with E-state index in [0.29, 0.717) is 19.6 Å². The van der Waals surface area contributed by atoms with Crippen molar-refractivity contribution in [3.05, 3.63) is 0 Å². The molecule has 2 rings (SSSR count). The van der Waals surface area contributed by atoms with Gasteiger partial charge in [0.05, 0.1) is 12.2 Å². The van der Waals surface area contributed by atoms with Crippen LogP contribution < -0.4 is 5.73 Å². The molecule has 1 aliphatic heterocycles. The molecule has 2 unspecified atom stereocenters. The van der Waals surface area contributed by atoms with E-state index in [4.69, 9.17) is 10.5 Å². The van der Waals surface area contributed by atoms with Crippen molar-refractivity contribution < 1.29 is 9.53 Å². The summed E-state index contributed by atoms with van der Waals surface area (Å²) in [6, 6.07) is 0. The van der Waals surface area contributed by atoms with Crippen molar-refractivity contribution in [2.45, 2.75) is 46.8 Å². The molecule has 1 heterocycles. The van der Waals surface area contributed by atoms with Crippen molar-refractivity contribution in [1.82, 2.24) is 4.90 Å². The van der Waals surface area contributed by atoms with Gasteiger partial charge in [0.15, 0.2) is 0 Å². The Morgan fingerprint density at radius 1 is 1.28 bits per heavy atom. The molecule has 2 N–H and O–H groups in total. The number of carbonyl (C=O) groups is 1. The molecule has 0 aromatic rings. The molecule has 1 saturated carbocycles. The van der Waals surface area contributed by atoms with E-state index >= 15 is 0 Å². The Hall–Kier alpha value is -0.610. The first-order chi connectivity index (χ1) is 8.21. The fourth-order valence-electron chi connectivity index (χ4n) is 3.35. The largest absolute Gasteiger partial charge is 0.370 e. The standard InChI is InChI=1S/C14H26N2O2/c1-9-7-16(8-10(6-15)18-9)12(17)11-13(2,3)14(11,4)5/h9-11H,6-8,15H2,1-5H3. The molecule has 18 heavy (non-hydrogen) atoms. The Kier molecular flexibility index (Phi) is 3.23. The average molecular weight is 254 g/mol. The van der Waals surface area contributed by atoms with Crippen LogP contribution in [0.25, 0.3) is 0 Å². The Balaban J connectivity index is 2.06. The molecule has 2 atom stereocenters. The Labute approximate surface area is 110 Å². The maximum atomic E-state index is 12.6. The minimum Gasteiger partial charge on any atom is -0.370 e. The molecule has 2 fully saturated rings.